The Balaban J connectivity index is 1.35. The van der Waals surface area contributed by atoms with E-state index in [1.54, 1.807) is 0 Å². The quantitative estimate of drug-likeness (QED) is 0.814. The van der Waals surface area contributed by atoms with Gasteiger partial charge in [-0.15, -0.1) is 0 Å². The molecular formula is C18H26O3. The molecule has 1 atom stereocenters. The molecule has 3 heteroatoms. The lowest BCUT2D eigenvalue weighted by molar-refractivity contribution is -0.194. The van der Waals surface area contributed by atoms with Crippen LogP contribution in [-0.2, 0) is 9.47 Å². The summed E-state index contributed by atoms with van der Waals surface area (Å²) in [6, 6.07) is 10.1. The van der Waals surface area contributed by atoms with E-state index in [4.69, 9.17) is 14.2 Å². The van der Waals surface area contributed by atoms with E-state index >= 15 is 0 Å². The van der Waals surface area contributed by atoms with E-state index in [1.165, 1.54) is 25.7 Å². The number of rotatable bonds is 5. The van der Waals surface area contributed by atoms with Crippen molar-refractivity contribution in [1.29, 1.82) is 0 Å². The molecule has 1 heterocycles. The molecule has 0 radical (unpaired) electrons. The second kappa shape index (κ2) is 7.81. The third-order valence-electron chi connectivity index (χ3n) is 4.50. The van der Waals surface area contributed by atoms with Crippen LogP contribution in [0.3, 0.4) is 0 Å². The Bertz CT molecular complexity index is 392. The van der Waals surface area contributed by atoms with Crippen LogP contribution >= 0.6 is 0 Å². The van der Waals surface area contributed by atoms with Gasteiger partial charge < -0.3 is 14.2 Å². The Kier molecular flexibility index (Phi) is 5.53. The first-order chi connectivity index (χ1) is 10.4. The Morgan fingerprint density at radius 3 is 2.48 bits per heavy atom. The van der Waals surface area contributed by atoms with E-state index in [-0.39, 0.29) is 6.29 Å². The number of hydrogen-bond acceptors (Lipinski definition) is 3. The highest BCUT2D eigenvalue weighted by Crippen LogP contribution is 2.29. The highest BCUT2D eigenvalue weighted by molar-refractivity contribution is 5.20. The summed E-state index contributed by atoms with van der Waals surface area (Å²) in [5.41, 5.74) is 0. The summed E-state index contributed by atoms with van der Waals surface area (Å²) in [4.78, 5) is 0. The lowest BCUT2D eigenvalue weighted by Crippen LogP contribution is -2.31. The van der Waals surface area contributed by atoms with E-state index in [9.17, 15) is 0 Å². The molecule has 1 saturated heterocycles. The summed E-state index contributed by atoms with van der Waals surface area (Å²) >= 11 is 0. The lowest BCUT2D eigenvalue weighted by atomic mass is 9.88. The Morgan fingerprint density at radius 1 is 0.952 bits per heavy atom. The molecule has 1 unspecified atom stereocenters. The number of hydrogen-bond donors (Lipinski definition) is 0. The summed E-state index contributed by atoms with van der Waals surface area (Å²) < 4.78 is 17.6. The SMILES string of the molecule is c1ccc(OCC2CCC(OC3CCCCO3)CC2)cc1. The topological polar surface area (TPSA) is 27.7 Å². The predicted molar refractivity (Wildman–Crippen MR) is 82.4 cm³/mol. The molecular weight excluding hydrogens is 264 g/mol. The first-order valence-electron chi connectivity index (χ1n) is 8.35. The van der Waals surface area contributed by atoms with Gasteiger partial charge in [0, 0.05) is 6.61 Å². The molecule has 1 aliphatic heterocycles. The van der Waals surface area contributed by atoms with Crippen molar-refractivity contribution in [3.05, 3.63) is 30.3 Å². The van der Waals surface area contributed by atoms with Gasteiger partial charge in [-0.05, 0) is 63.0 Å². The maximum atomic E-state index is 6.08. The number of para-hydroxylation sites is 1. The minimum absolute atomic E-state index is 0.0564. The molecule has 2 aliphatic rings. The normalized spacial score (nSPS) is 30.0. The van der Waals surface area contributed by atoms with Crippen LogP contribution in [0.5, 0.6) is 5.75 Å². The van der Waals surface area contributed by atoms with Crippen LogP contribution in [0.4, 0.5) is 0 Å². The fraction of sp³-hybridized carbons (Fsp3) is 0.667. The number of ether oxygens (including phenoxy) is 3. The third kappa shape index (κ3) is 4.72. The molecule has 1 aromatic carbocycles. The van der Waals surface area contributed by atoms with Crippen LogP contribution in [0, 0.1) is 5.92 Å². The highest BCUT2D eigenvalue weighted by atomic mass is 16.7. The van der Waals surface area contributed by atoms with Gasteiger partial charge in [0.15, 0.2) is 6.29 Å². The lowest BCUT2D eigenvalue weighted by Gasteiger charge is -2.32. The van der Waals surface area contributed by atoms with Gasteiger partial charge in [-0.3, -0.25) is 0 Å². The number of benzene rings is 1. The van der Waals surface area contributed by atoms with Gasteiger partial charge in [-0.25, -0.2) is 0 Å². The second-order valence-corrected chi connectivity index (χ2v) is 6.20. The molecule has 0 aromatic heterocycles. The van der Waals surface area contributed by atoms with E-state index < -0.39 is 0 Å². The van der Waals surface area contributed by atoms with E-state index in [1.807, 2.05) is 30.3 Å². The van der Waals surface area contributed by atoms with Crippen molar-refractivity contribution in [2.24, 2.45) is 5.92 Å². The predicted octanol–water partition coefficient (Wildman–Crippen LogP) is 4.17. The smallest absolute Gasteiger partial charge is 0.157 e. The largest absolute Gasteiger partial charge is 0.493 e. The standard InChI is InChI=1S/C18H26O3/c1-2-6-16(7-3-1)20-14-15-9-11-17(12-10-15)21-18-8-4-5-13-19-18/h1-3,6-7,15,17-18H,4-5,8-14H2. The van der Waals surface area contributed by atoms with Crippen molar-refractivity contribution in [2.45, 2.75) is 57.3 Å². The summed E-state index contributed by atoms with van der Waals surface area (Å²) in [6.45, 7) is 1.70. The third-order valence-corrected chi connectivity index (χ3v) is 4.50. The molecule has 1 aromatic rings. The first-order valence-corrected chi connectivity index (χ1v) is 8.35. The van der Waals surface area contributed by atoms with Crippen LogP contribution in [0.2, 0.25) is 0 Å². The molecule has 3 nitrogen and oxygen atoms in total. The van der Waals surface area contributed by atoms with Gasteiger partial charge in [-0.2, -0.15) is 0 Å². The second-order valence-electron chi connectivity index (χ2n) is 6.20. The zero-order valence-electron chi connectivity index (χ0n) is 12.7. The summed E-state index contributed by atoms with van der Waals surface area (Å²) in [5.74, 6) is 1.64. The molecule has 0 N–H and O–H groups in total. The maximum absolute atomic E-state index is 6.08. The van der Waals surface area contributed by atoms with E-state index in [0.29, 0.717) is 12.0 Å². The zero-order chi connectivity index (χ0) is 14.3. The average Bonchev–Trinajstić information content (AvgIpc) is 2.56. The zero-order valence-corrected chi connectivity index (χ0v) is 12.7. The van der Waals surface area contributed by atoms with Crippen molar-refractivity contribution < 1.29 is 14.2 Å². The molecule has 0 bridgehead atoms. The molecule has 116 valence electrons. The van der Waals surface area contributed by atoms with Gasteiger partial charge in [0.25, 0.3) is 0 Å². The van der Waals surface area contributed by atoms with Gasteiger partial charge in [-0.1, -0.05) is 18.2 Å². The molecule has 21 heavy (non-hydrogen) atoms. The van der Waals surface area contributed by atoms with Crippen LogP contribution in [-0.4, -0.2) is 25.6 Å². The van der Waals surface area contributed by atoms with Crippen LogP contribution < -0.4 is 4.74 Å². The minimum Gasteiger partial charge on any atom is -0.493 e. The van der Waals surface area contributed by atoms with Crippen molar-refractivity contribution in [2.75, 3.05) is 13.2 Å². The van der Waals surface area contributed by atoms with Gasteiger partial charge in [0.1, 0.15) is 5.75 Å². The van der Waals surface area contributed by atoms with Crippen molar-refractivity contribution in [3.63, 3.8) is 0 Å². The fourth-order valence-electron chi connectivity index (χ4n) is 3.20. The molecule has 1 saturated carbocycles. The molecule has 3 rings (SSSR count). The molecule has 0 spiro atoms. The average molecular weight is 290 g/mol. The highest BCUT2D eigenvalue weighted by Gasteiger charge is 2.25. The molecule has 1 aliphatic carbocycles. The maximum Gasteiger partial charge on any atom is 0.157 e. The summed E-state index contributed by atoms with van der Waals surface area (Å²) in [5, 5.41) is 0. The van der Waals surface area contributed by atoms with Crippen molar-refractivity contribution in [1.82, 2.24) is 0 Å². The monoisotopic (exact) mass is 290 g/mol. The molecule has 0 amide bonds. The van der Waals surface area contributed by atoms with Gasteiger partial charge in [0.2, 0.25) is 0 Å². The van der Waals surface area contributed by atoms with E-state index in [2.05, 4.69) is 0 Å². The van der Waals surface area contributed by atoms with Gasteiger partial charge in [0.05, 0.1) is 12.7 Å². The summed E-state index contributed by atoms with van der Waals surface area (Å²) in [7, 11) is 0. The van der Waals surface area contributed by atoms with Crippen molar-refractivity contribution >= 4 is 0 Å². The Hall–Kier alpha value is -1.06. The Labute approximate surface area is 127 Å². The first kappa shape index (κ1) is 14.9. The van der Waals surface area contributed by atoms with Gasteiger partial charge >= 0.3 is 0 Å². The Morgan fingerprint density at radius 2 is 1.76 bits per heavy atom. The molecule has 2 fully saturated rings. The van der Waals surface area contributed by atoms with Crippen LogP contribution in [0.25, 0.3) is 0 Å². The summed E-state index contributed by atoms with van der Waals surface area (Å²) in [6.07, 6.45) is 8.62. The fourth-order valence-corrected chi connectivity index (χ4v) is 3.20. The van der Waals surface area contributed by atoms with Crippen molar-refractivity contribution in [3.8, 4) is 5.75 Å². The van der Waals surface area contributed by atoms with Crippen LogP contribution in [0.15, 0.2) is 30.3 Å². The van der Waals surface area contributed by atoms with Crippen LogP contribution in [0.1, 0.15) is 44.9 Å². The minimum atomic E-state index is 0.0564. The van der Waals surface area contributed by atoms with E-state index in [0.717, 1.165) is 38.2 Å².